The predicted octanol–water partition coefficient (Wildman–Crippen LogP) is 10.5. The molecule has 0 atom stereocenters. The molecule has 53 heavy (non-hydrogen) atoms. The van der Waals surface area contributed by atoms with Crippen molar-refractivity contribution in [2.45, 2.75) is 50.9 Å². The number of halogens is 12. The average Bonchev–Trinajstić information content (AvgIpc) is 3.40. The monoisotopic (exact) mass is 783 g/mol. The van der Waals surface area contributed by atoms with E-state index < -0.39 is 63.1 Å². The van der Waals surface area contributed by atoms with E-state index in [1.54, 1.807) is 80.8 Å². The van der Waals surface area contributed by atoms with Crippen molar-refractivity contribution < 1.29 is 52.7 Å². The number of rotatable bonds is 5. The van der Waals surface area contributed by atoms with Gasteiger partial charge in [0.25, 0.3) is 0 Å². The molecule has 0 amide bonds. The van der Waals surface area contributed by atoms with Gasteiger partial charge in [-0.2, -0.15) is 52.7 Å². The predicted molar refractivity (Wildman–Crippen MR) is 187 cm³/mol. The lowest BCUT2D eigenvalue weighted by Crippen LogP contribution is -2.53. The van der Waals surface area contributed by atoms with Crippen LogP contribution in [0.1, 0.15) is 22.3 Å². The quantitative estimate of drug-likeness (QED) is 0.121. The summed E-state index contributed by atoms with van der Waals surface area (Å²) in [5, 5.41) is 1.89. The number of hydrogen-bond acceptors (Lipinski definition) is 0. The molecule has 278 valence electrons. The molecule has 5 aromatic carbocycles. The van der Waals surface area contributed by atoms with Crippen LogP contribution < -0.4 is 20.7 Å². The van der Waals surface area contributed by atoms with Crippen molar-refractivity contribution >= 4 is 58.7 Å². The van der Waals surface area contributed by atoms with Crippen molar-refractivity contribution in [3.8, 4) is 5.69 Å². The molecule has 0 unspecified atom stereocenters. The standard InChI is InChI=1S/C38H29F12NSi2/c1-52(2,29-16-22(35(39,40)41)14-23(17-29)36(42,43)44)27-10-12-33-31(20-27)32-21-28(11-13-34(32)51(33)26-8-6-5-7-9-26)53(3,4)30-18-24(37(45,46)47)15-25(19-30)38(48,49)50/h5-21H,1-4H3. The zero-order valence-corrected chi connectivity index (χ0v) is 30.3. The molecule has 1 heterocycles. The Bertz CT molecular complexity index is 2140. The van der Waals surface area contributed by atoms with Crippen LogP contribution in [0.3, 0.4) is 0 Å². The van der Waals surface area contributed by atoms with Crippen molar-refractivity contribution in [2.24, 2.45) is 0 Å². The van der Waals surface area contributed by atoms with Crippen LogP contribution in [0.5, 0.6) is 0 Å². The first-order valence-corrected chi connectivity index (χ1v) is 22.0. The molecule has 0 fully saturated rings. The number of para-hydroxylation sites is 1. The zero-order chi connectivity index (χ0) is 39.1. The Balaban J connectivity index is 1.60. The molecule has 1 nitrogen and oxygen atoms in total. The van der Waals surface area contributed by atoms with Crippen molar-refractivity contribution in [1.82, 2.24) is 4.57 Å². The van der Waals surface area contributed by atoms with Crippen LogP contribution in [0.25, 0.3) is 27.5 Å². The Morgan fingerprint density at radius 1 is 0.377 bits per heavy atom. The fourth-order valence-electron chi connectivity index (χ4n) is 6.62. The van der Waals surface area contributed by atoms with Gasteiger partial charge < -0.3 is 4.57 Å². The molecule has 0 saturated carbocycles. The van der Waals surface area contributed by atoms with Gasteiger partial charge in [-0.05, 0) is 36.4 Å². The van der Waals surface area contributed by atoms with Crippen molar-refractivity contribution in [2.75, 3.05) is 0 Å². The van der Waals surface area contributed by atoms with Gasteiger partial charge in [0, 0.05) is 16.5 Å². The third kappa shape index (κ3) is 7.12. The Labute approximate surface area is 297 Å². The molecular weight excluding hydrogens is 755 g/mol. The fourth-order valence-corrected chi connectivity index (χ4v) is 11.4. The Morgan fingerprint density at radius 3 is 1.00 bits per heavy atom. The second kappa shape index (κ2) is 12.5. The van der Waals surface area contributed by atoms with Crippen molar-refractivity contribution in [3.05, 3.63) is 125 Å². The third-order valence-corrected chi connectivity index (χ3v) is 16.8. The summed E-state index contributed by atoms with van der Waals surface area (Å²) in [6, 6.07) is 22.4. The number of benzene rings is 5. The van der Waals surface area contributed by atoms with E-state index in [9.17, 15) is 52.7 Å². The molecule has 6 aromatic rings. The lowest BCUT2D eigenvalue weighted by Gasteiger charge is -2.26. The highest BCUT2D eigenvalue weighted by Gasteiger charge is 2.41. The van der Waals surface area contributed by atoms with Crippen LogP contribution >= 0.6 is 0 Å². The highest BCUT2D eigenvalue weighted by atomic mass is 28.3. The van der Waals surface area contributed by atoms with Crippen LogP contribution in [-0.4, -0.2) is 20.7 Å². The highest BCUT2D eigenvalue weighted by molar-refractivity contribution is 7.01. The van der Waals surface area contributed by atoms with E-state index in [1.165, 1.54) is 0 Å². The number of aromatic nitrogens is 1. The van der Waals surface area contributed by atoms with E-state index in [4.69, 9.17) is 0 Å². The van der Waals surface area contributed by atoms with Gasteiger partial charge in [0.1, 0.15) is 16.1 Å². The van der Waals surface area contributed by atoms with Gasteiger partial charge in [0.15, 0.2) is 0 Å². The SMILES string of the molecule is C[Si](C)(c1cc(C(F)(F)F)cc(C(F)(F)F)c1)c1ccc2c(c1)c1cc([Si](C)(C)c3cc(C(F)(F)F)cc(C(F)(F)F)c3)ccc1n2-c1ccccc1. The van der Waals surface area contributed by atoms with E-state index in [2.05, 4.69) is 0 Å². The van der Waals surface area contributed by atoms with E-state index >= 15 is 0 Å². The number of fused-ring (bicyclic) bond motifs is 3. The maximum Gasteiger partial charge on any atom is 0.416 e. The zero-order valence-electron chi connectivity index (χ0n) is 28.3. The highest BCUT2D eigenvalue weighted by Crippen LogP contribution is 2.38. The smallest absolute Gasteiger partial charge is 0.309 e. The van der Waals surface area contributed by atoms with E-state index in [0.717, 1.165) is 24.3 Å². The molecule has 0 spiro atoms. The fraction of sp³-hybridized carbons (Fsp3) is 0.211. The minimum absolute atomic E-state index is 0.0832. The third-order valence-electron chi connectivity index (χ3n) is 9.84. The molecule has 0 saturated heterocycles. The van der Waals surface area contributed by atoms with Gasteiger partial charge in [-0.15, -0.1) is 0 Å². The topological polar surface area (TPSA) is 4.93 Å². The van der Waals surface area contributed by atoms with Gasteiger partial charge in [0.05, 0.1) is 33.3 Å². The molecule has 0 aliphatic rings. The molecule has 6 rings (SSSR count). The maximum atomic E-state index is 13.8. The van der Waals surface area contributed by atoms with Crippen molar-refractivity contribution in [3.63, 3.8) is 0 Å². The summed E-state index contributed by atoms with van der Waals surface area (Å²) in [4.78, 5) is 0. The Morgan fingerprint density at radius 2 is 0.698 bits per heavy atom. The first-order valence-electron chi connectivity index (χ1n) is 16.0. The summed E-state index contributed by atoms with van der Waals surface area (Å²) in [5.74, 6) is 0. The van der Waals surface area contributed by atoms with Crippen LogP contribution in [0.15, 0.2) is 103 Å². The lowest BCUT2D eigenvalue weighted by atomic mass is 10.1. The number of hydrogen-bond donors (Lipinski definition) is 0. The summed E-state index contributed by atoms with van der Waals surface area (Å²) < 4.78 is 168. The van der Waals surface area contributed by atoms with Crippen molar-refractivity contribution in [1.29, 1.82) is 0 Å². The summed E-state index contributed by atoms with van der Waals surface area (Å²) in [7, 11) is -6.63. The van der Waals surface area contributed by atoms with E-state index in [0.29, 0.717) is 37.9 Å². The molecule has 15 heteroatoms. The first-order chi connectivity index (χ1) is 24.3. The largest absolute Gasteiger partial charge is 0.416 e. The van der Waals surface area contributed by atoms with Gasteiger partial charge >= 0.3 is 24.7 Å². The van der Waals surface area contributed by atoms with Gasteiger partial charge in [-0.1, -0.05) is 114 Å². The van der Waals surface area contributed by atoms with Crippen LogP contribution in [0, 0.1) is 0 Å². The normalized spacial score (nSPS) is 13.7. The molecular formula is C38H29F12NSi2. The minimum Gasteiger partial charge on any atom is -0.309 e. The Hall–Kier alpha value is -4.51. The van der Waals surface area contributed by atoms with Gasteiger partial charge in [0.2, 0.25) is 0 Å². The van der Waals surface area contributed by atoms with Crippen LogP contribution in [-0.2, 0) is 24.7 Å². The summed E-state index contributed by atoms with van der Waals surface area (Å²) in [6.45, 7) is 6.53. The molecule has 1 aromatic heterocycles. The first kappa shape index (κ1) is 38.2. The molecule has 0 bridgehead atoms. The van der Waals surface area contributed by atoms with Gasteiger partial charge in [-0.25, -0.2) is 0 Å². The maximum absolute atomic E-state index is 13.8. The second-order valence-corrected chi connectivity index (χ2v) is 22.8. The summed E-state index contributed by atoms with van der Waals surface area (Å²) in [6.07, 6.45) is -20.2. The van der Waals surface area contributed by atoms with E-state index in [-0.39, 0.29) is 22.5 Å². The molecule has 0 radical (unpaired) electrons. The van der Waals surface area contributed by atoms with E-state index in [1.807, 2.05) is 16.7 Å². The number of nitrogens with zero attached hydrogens (tertiary/aromatic N) is 1. The van der Waals surface area contributed by atoms with Crippen LogP contribution in [0.4, 0.5) is 52.7 Å². The lowest BCUT2D eigenvalue weighted by molar-refractivity contribution is -0.144. The molecule has 0 aliphatic carbocycles. The van der Waals surface area contributed by atoms with Gasteiger partial charge in [-0.3, -0.25) is 0 Å². The Kier molecular flexibility index (Phi) is 9.04. The number of alkyl halides is 12. The van der Waals surface area contributed by atoms with Crippen LogP contribution in [0.2, 0.25) is 26.2 Å². The summed E-state index contributed by atoms with van der Waals surface area (Å²) >= 11 is 0. The second-order valence-electron chi connectivity index (χ2n) is 14.0. The molecule has 0 aliphatic heterocycles. The average molecular weight is 784 g/mol. The molecule has 0 N–H and O–H groups in total. The summed E-state index contributed by atoms with van der Waals surface area (Å²) in [5.41, 5.74) is -3.75. The minimum atomic E-state index is -5.04.